The van der Waals surface area contributed by atoms with Crippen LogP contribution in [0.5, 0.6) is 5.75 Å². The van der Waals surface area contributed by atoms with E-state index in [1.165, 1.54) is 7.11 Å². The smallest absolute Gasteiger partial charge is 0.328 e. The Morgan fingerprint density at radius 2 is 1.41 bits per heavy atom. The lowest BCUT2D eigenvalue weighted by molar-refractivity contribution is -0.141. The molecule has 49 heavy (non-hydrogen) atoms. The number of ether oxygens (including phenoxy) is 2. The van der Waals surface area contributed by atoms with Crippen molar-refractivity contribution in [3.8, 4) is 5.75 Å². The Bertz CT molecular complexity index is 2050. The number of carbonyl (C=O) groups is 3. The molecule has 0 saturated carbocycles. The normalized spacial score (nSPS) is 11.4. The van der Waals surface area contributed by atoms with Crippen LogP contribution in [-0.2, 0) is 16.0 Å². The van der Waals surface area contributed by atoms with Gasteiger partial charge in [-0.05, 0) is 54.1 Å². The number of fused-ring (bicyclic) bond motifs is 1. The van der Waals surface area contributed by atoms with Crippen molar-refractivity contribution in [1.29, 1.82) is 0 Å². The number of esters is 1. The van der Waals surface area contributed by atoms with Crippen LogP contribution < -0.4 is 15.0 Å². The molecular formula is C41H35N3O5. The number of rotatable bonds is 13. The number of para-hydroxylation sites is 3. The van der Waals surface area contributed by atoms with Gasteiger partial charge in [-0.2, -0.15) is 0 Å². The number of hydrogen-bond donors (Lipinski definition) is 1. The lowest BCUT2D eigenvalue weighted by Crippen LogP contribution is -2.35. The van der Waals surface area contributed by atoms with Crippen molar-refractivity contribution >= 4 is 39.9 Å². The maximum atomic E-state index is 13.7. The molecule has 1 amide bonds. The summed E-state index contributed by atoms with van der Waals surface area (Å²) in [7, 11) is 1.34. The van der Waals surface area contributed by atoms with Gasteiger partial charge < -0.3 is 19.7 Å². The van der Waals surface area contributed by atoms with Crippen LogP contribution in [-0.4, -0.2) is 48.9 Å². The van der Waals surface area contributed by atoms with Gasteiger partial charge in [0, 0.05) is 34.3 Å². The van der Waals surface area contributed by atoms with Crippen LogP contribution in [0.4, 0.5) is 11.4 Å². The first kappa shape index (κ1) is 32.7. The van der Waals surface area contributed by atoms with Crippen molar-refractivity contribution in [3.05, 3.63) is 168 Å². The minimum Gasteiger partial charge on any atom is -0.492 e. The van der Waals surface area contributed by atoms with Crippen LogP contribution >= 0.6 is 0 Å². The molecule has 8 heteroatoms. The lowest BCUT2D eigenvalue weighted by Gasteiger charge is -2.23. The summed E-state index contributed by atoms with van der Waals surface area (Å²) in [4.78, 5) is 46.0. The molecule has 1 aromatic heterocycles. The Hall–Kier alpha value is -6.28. The van der Waals surface area contributed by atoms with Gasteiger partial charge >= 0.3 is 5.97 Å². The van der Waals surface area contributed by atoms with E-state index in [2.05, 4.69) is 10.3 Å². The van der Waals surface area contributed by atoms with Crippen molar-refractivity contribution in [2.45, 2.75) is 12.5 Å². The first-order valence-electron chi connectivity index (χ1n) is 16.0. The van der Waals surface area contributed by atoms with E-state index in [1.807, 2.05) is 109 Å². The highest BCUT2D eigenvalue weighted by Gasteiger charge is 2.23. The van der Waals surface area contributed by atoms with Crippen molar-refractivity contribution < 1.29 is 23.9 Å². The van der Waals surface area contributed by atoms with Gasteiger partial charge in [-0.3, -0.25) is 9.59 Å². The number of hydrogen-bond acceptors (Lipinski definition) is 7. The highest BCUT2D eigenvalue weighted by atomic mass is 16.5. The SMILES string of the molecule is COC(=O)C(Cc1ccc(OCCN(C(=O)c2ccc3ccccc3n2)c2ccccc2)cc1)Nc1ccccc1C(=O)c1ccccc1. The molecule has 1 atom stereocenters. The van der Waals surface area contributed by atoms with Crippen LogP contribution in [0, 0.1) is 0 Å². The van der Waals surface area contributed by atoms with Crippen molar-refractivity contribution in [2.24, 2.45) is 0 Å². The fourth-order valence-corrected chi connectivity index (χ4v) is 5.57. The Morgan fingerprint density at radius 3 is 2.16 bits per heavy atom. The third kappa shape index (κ3) is 8.00. The minimum absolute atomic E-state index is 0.144. The summed E-state index contributed by atoms with van der Waals surface area (Å²) in [6, 6.07) is 43.6. The number of nitrogens with one attached hydrogen (secondary N) is 1. The molecule has 0 bridgehead atoms. The highest BCUT2D eigenvalue weighted by molar-refractivity contribution is 6.12. The molecule has 5 aromatic carbocycles. The predicted octanol–water partition coefficient (Wildman–Crippen LogP) is 7.39. The van der Waals surface area contributed by atoms with Gasteiger partial charge in [-0.25, -0.2) is 9.78 Å². The van der Waals surface area contributed by atoms with E-state index in [0.717, 1.165) is 22.2 Å². The van der Waals surface area contributed by atoms with Crippen molar-refractivity contribution in [2.75, 3.05) is 30.5 Å². The Kier molecular flexibility index (Phi) is 10.4. The van der Waals surface area contributed by atoms with E-state index in [1.54, 1.807) is 41.3 Å². The second kappa shape index (κ2) is 15.5. The fraction of sp³-hybridized carbons (Fsp3) is 0.122. The fourth-order valence-electron chi connectivity index (χ4n) is 5.57. The zero-order chi connectivity index (χ0) is 34.0. The quantitative estimate of drug-likeness (QED) is 0.103. The lowest BCUT2D eigenvalue weighted by atomic mass is 10.00. The van der Waals surface area contributed by atoms with Crippen molar-refractivity contribution in [1.82, 2.24) is 4.98 Å². The minimum atomic E-state index is -0.740. The molecule has 1 N–H and O–H groups in total. The van der Waals surface area contributed by atoms with Crippen LogP contribution in [0.3, 0.4) is 0 Å². The molecule has 0 saturated heterocycles. The van der Waals surface area contributed by atoms with Crippen LogP contribution in [0.1, 0.15) is 32.0 Å². The number of carbonyl (C=O) groups excluding carboxylic acids is 3. The van der Waals surface area contributed by atoms with E-state index in [0.29, 0.717) is 41.2 Å². The van der Waals surface area contributed by atoms with Gasteiger partial charge in [0.05, 0.1) is 19.2 Å². The average Bonchev–Trinajstić information content (AvgIpc) is 3.16. The third-order valence-electron chi connectivity index (χ3n) is 8.10. The molecule has 0 aliphatic heterocycles. The van der Waals surface area contributed by atoms with Gasteiger partial charge in [-0.1, -0.05) is 97.1 Å². The molecule has 0 radical (unpaired) electrons. The molecule has 8 nitrogen and oxygen atoms in total. The molecule has 6 rings (SSSR count). The number of methoxy groups -OCH3 is 1. The second-order valence-corrected chi connectivity index (χ2v) is 11.3. The average molecular weight is 650 g/mol. The van der Waals surface area contributed by atoms with Crippen LogP contribution in [0.2, 0.25) is 0 Å². The van der Waals surface area contributed by atoms with E-state index in [9.17, 15) is 14.4 Å². The number of anilines is 2. The molecular weight excluding hydrogens is 614 g/mol. The maximum absolute atomic E-state index is 13.7. The van der Waals surface area contributed by atoms with Gasteiger partial charge in [0.1, 0.15) is 24.1 Å². The largest absolute Gasteiger partial charge is 0.492 e. The number of benzene rings is 5. The second-order valence-electron chi connectivity index (χ2n) is 11.3. The summed E-state index contributed by atoms with van der Waals surface area (Å²) in [6.07, 6.45) is 0.315. The molecule has 1 unspecified atom stereocenters. The highest BCUT2D eigenvalue weighted by Crippen LogP contribution is 2.23. The summed E-state index contributed by atoms with van der Waals surface area (Å²) < 4.78 is 11.2. The molecule has 6 aromatic rings. The number of amides is 1. The monoisotopic (exact) mass is 649 g/mol. The van der Waals surface area contributed by atoms with E-state index < -0.39 is 12.0 Å². The van der Waals surface area contributed by atoms with Gasteiger partial charge in [0.25, 0.3) is 5.91 Å². The standard InChI is InChI=1S/C41H35N3O5/c1-48-41(47)38(43-36-19-11-9-17-34(36)39(45)31-13-4-2-5-14-31)28-29-20-23-33(24-21-29)49-27-26-44(32-15-6-3-7-16-32)40(46)37-25-22-30-12-8-10-18-35(30)42-37/h2-25,38,43H,26-28H2,1H3. The van der Waals surface area contributed by atoms with E-state index >= 15 is 0 Å². The summed E-state index contributed by atoms with van der Waals surface area (Å²) in [5.41, 5.74) is 4.29. The summed E-state index contributed by atoms with van der Waals surface area (Å²) >= 11 is 0. The molecule has 0 fully saturated rings. The Morgan fingerprint density at radius 1 is 0.735 bits per heavy atom. The number of nitrogens with zero attached hydrogens (tertiary/aromatic N) is 2. The first-order chi connectivity index (χ1) is 24.0. The van der Waals surface area contributed by atoms with Gasteiger partial charge in [0.2, 0.25) is 0 Å². The van der Waals surface area contributed by atoms with Gasteiger partial charge in [-0.15, -0.1) is 0 Å². The first-order valence-corrected chi connectivity index (χ1v) is 16.0. The maximum Gasteiger partial charge on any atom is 0.328 e. The van der Waals surface area contributed by atoms with Crippen molar-refractivity contribution in [3.63, 3.8) is 0 Å². The zero-order valence-electron chi connectivity index (χ0n) is 27.0. The number of pyridine rings is 1. The summed E-state index contributed by atoms with van der Waals surface area (Å²) in [6.45, 7) is 0.542. The van der Waals surface area contributed by atoms with Crippen LogP contribution in [0.15, 0.2) is 146 Å². The summed E-state index contributed by atoms with van der Waals surface area (Å²) in [5, 5.41) is 4.21. The Balaban J connectivity index is 1.12. The Labute approximate surface area is 285 Å². The topological polar surface area (TPSA) is 97.8 Å². The number of ketones is 1. The van der Waals surface area contributed by atoms with Gasteiger partial charge in [0.15, 0.2) is 5.78 Å². The molecule has 0 aliphatic carbocycles. The van der Waals surface area contributed by atoms with E-state index in [-0.39, 0.29) is 18.3 Å². The molecule has 1 heterocycles. The zero-order valence-corrected chi connectivity index (χ0v) is 27.0. The summed E-state index contributed by atoms with van der Waals surface area (Å²) in [5.74, 6) is -0.192. The molecule has 244 valence electrons. The number of aromatic nitrogens is 1. The van der Waals surface area contributed by atoms with Crippen LogP contribution in [0.25, 0.3) is 10.9 Å². The predicted molar refractivity (Wildman–Crippen MR) is 191 cm³/mol. The third-order valence-corrected chi connectivity index (χ3v) is 8.10. The molecule has 0 spiro atoms. The molecule has 0 aliphatic rings. The van der Waals surface area contributed by atoms with E-state index in [4.69, 9.17) is 9.47 Å².